The summed E-state index contributed by atoms with van der Waals surface area (Å²) in [6.45, 7) is 3.60. The molecule has 1 aliphatic heterocycles. The monoisotopic (exact) mass is 588 g/mol. The van der Waals surface area contributed by atoms with Crippen molar-refractivity contribution in [2.24, 2.45) is 4.99 Å². The van der Waals surface area contributed by atoms with Crippen LogP contribution in [0.4, 0.5) is 0 Å². The summed E-state index contributed by atoms with van der Waals surface area (Å²) in [4.78, 5) is 44.1. The van der Waals surface area contributed by atoms with Gasteiger partial charge in [-0.1, -0.05) is 23.5 Å². The Hall–Kier alpha value is -4.90. The lowest BCUT2D eigenvalue weighted by atomic mass is 9.95. The summed E-state index contributed by atoms with van der Waals surface area (Å²) in [5.74, 6) is 0.924. The smallest absolute Gasteiger partial charge is 0.338 e. The summed E-state index contributed by atoms with van der Waals surface area (Å²) in [7, 11) is 4.38. The van der Waals surface area contributed by atoms with E-state index in [4.69, 9.17) is 23.4 Å². The van der Waals surface area contributed by atoms with E-state index in [0.29, 0.717) is 54.7 Å². The number of carbonyl (C=O) groups is 2. The predicted octanol–water partition coefficient (Wildman–Crippen LogP) is 3.86. The third-order valence-electron chi connectivity index (χ3n) is 6.72. The molecule has 0 spiro atoms. The molecular formula is C31H28N2O8S. The van der Waals surface area contributed by atoms with Crippen molar-refractivity contribution in [2.45, 2.75) is 19.9 Å². The summed E-state index contributed by atoms with van der Waals surface area (Å²) >= 11 is 1.18. The number of hydrogen-bond acceptors (Lipinski definition) is 10. The van der Waals surface area contributed by atoms with Crippen molar-refractivity contribution in [3.05, 3.63) is 102 Å². The molecule has 5 rings (SSSR count). The van der Waals surface area contributed by atoms with Crippen molar-refractivity contribution in [1.82, 2.24) is 4.57 Å². The second-order valence-corrected chi connectivity index (χ2v) is 10.2. The first-order valence-electron chi connectivity index (χ1n) is 13.0. The van der Waals surface area contributed by atoms with E-state index in [-0.39, 0.29) is 17.7 Å². The van der Waals surface area contributed by atoms with Gasteiger partial charge < -0.3 is 23.4 Å². The highest BCUT2D eigenvalue weighted by atomic mass is 32.1. The lowest BCUT2D eigenvalue weighted by Crippen LogP contribution is -2.40. The quantitative estimate of drug-likeness (QED) is 0.285. The maximum Gasteiger partial charge on any atom is 0.338 e. The molecule has 0 aliphatic carbocycles. The molecule has 1 unspecified atom stereocenters. The fourth-order valence-corrected chi connectivity index (χ4v) is 5.79. The number of hydrogen-bond donors (Lipinski definition) is 0. The number of ether oxygens (including phenoxy) is 4. The number of fused-ring (bicyclic) bond motifs is 1. The largest absolute Gasteiger partial charge is 0.497 e. The van der Waals surface area contributed by atoms with E-state index in [0.717, 1.165) is 0 Å². The van der Waals surface area contributed by atoms with Crippen LogP contribution in [0, 0.1) is 0 Å². The van der Waals surface area contributed by atoms with Crippen LogP contribution in [0.25, 0.3) is 17.4 Å². The number of methoxy groups -OCH3 is 3. The number of thiazole rings is 1. The van der Waals surface area contributed by atoms with Gasteiger partial charge in [-0.3, -0.25) is 9.36 Å². The average Bonchev–Trinajstić information content (AvgIpc) is 3.59. The van der Waals surface area contributed by atoms with Crippen LogP contribution in [0.15, 0.2) is 80.1 Å². The number of allylic oxidation sites excluding steroid dienone is 1. The molecule has 0 fully saturated rings. The molecule has 2 aromatic carbocycles. The zero-order valence-corrected chi connectivity index (χ0v) is 24.4. The first kappa shape index (κ1) is 28.6. The average molecular weight is 589 g/mol. The predicted molar refractivity (Wildman–Crippen MR) is 155 cm³/mol. The summed E-state index contributed by atoms with van der Waals surface area (Å²) < 4.78 is 29.0. The van der Waals surface area contributed by atoms with Gasteiger partial charge in [0.1, 0.15) is 29.1 Å². The highest BCUT2D eigenvalue weighted by Gasteiger charge is 2.35. The van der Waals surface area contributed by atoms with Gasteiger partial charge in [0.25, 0.3) is 5.56 Å². The molecule has 0 saturated carbocycles. The Morgan fingerprint density at radius 1 is 1.05 bits per heavy atom. The van der Waals surface area contributed by atoms with Crippen LogP contribution in [0.5, 0.6) is 11.5 Å². The molecule has 1 atom stereocenters. The molecule has 3 heterocycles. The summed E-state index contributed by atoms with van der Waals surface area (Å²) in [5.41, 5.74) is 1.97. The van der Waals surface area contributed by atoms with E-state index < -0.39 is 18.0 Å². The third kappa shape index (κ3) is 5.26. The number of rotatable bonds is 8. The molecule has 0 saturated heterocycles. The number of nitrogens with zero attached hydrogens (tertiary/aromatic N) is 2. The molecular weight excluding hydrogens is 560 g/mol. The Balaban J connectivity index is 1.63. The summed E-state index contributed by atoms with van der Waals surface area (Å²) in [6, 6.07) is 14.7. The van der Waals surface area contributed by atoms with E-state index in [2.05, 4.69) is 4.99 Å². The number of aromatic nitrogens is 1. The first-order chi connectivity index (χ1) is 20.3. The van der Waals surface area contributed by atoms with Gasteiger partial charge in [0, 0.05) is 23.3 Å². The van der Waals surface area contributed by atoms with Crippen LogP contribution >= 0.6 is 11.3 Å². The zero-order chi connectivity index (χ0) is 30.0. The SMILES string of the molecule is CCOC(=O)C1=C(C)N=c2s/c(=C\c3ccc(-c4cccc(C(=O)OC)c4)o3)c(=O)n2C1c1ccc(OC)cc1OC. The maximum absolute atomic E-state index is 13.9. The zero-order valence-electron chi connectivity index (χ0n) is 23.6. The second-order valence-electron chi connectivity index (χ2n) is 9.18. The van der Waals surface area contributed by atoms with Crippen molar-refractivity contribution < 1.29 is 33.0 Å². The fraction of sp³-hybridized carbons (Fsp3) is 0.226. The fourth-order valence-electron chi connectivity index (χ4n) is 4.76. The van der Waals surface area contributed by atoms with Gasteiger partial charge in [-0.05, 0) is 50.2 Å². The Labute approximate surface area is 244 Å². The second kappa shape index (κ2) is 11.9. The van der Waals surface area contributed by atoms with E-state index in [1.807, 2.05) is 6.07 Å². The van der Waals surface area contributed by atoms with Crippen LogP contribution in [-0.2, 0) is 14.3 Å². The number of furan rings is 1. The first-order valence-corrected chi connectivity index (χ1v) is 13.8. The lowest BCUT2D eigenvalue weighted by Gasteiger charge is -2.26. The van der Waals surface area contributed by atoms with Gasteiger partial charge in [-0.25, -0.2) is 14.6 Å². The molecule has 216 valence electrons. The van der Waals surface area contributed by atoms with Gasteiger partial charge in [-0.15, -0.1) is 0 Å². The Kier molecular flexibility index (Phi) is 8.12. The van der Waals surface area contributed by atoms with Crippen molar-refractivity contribution in [3.8, 4) is 22.8 Å². The third-order valence-corrected chi connectivity index (χ3v) is 7.70. The van der Waals surface area contributed by atoms with Crippen molar-refractivity contribution in [3.63, 3.8) is 0 Å². The van der Waals surface area contributed by atoms with Crippen LogP contribution in [0.2, 0.25) is 0 Å². The topological polar surface area (TPSA) is 119 Å². The maximum atomic E-state index is 13.9. The van der Waals surface area contributed by atoms with Gasteiger partial charge >= 0.3 is 11.9 Å². The van der Waals surface area contributed by atoms with Crippen LogP contribution in [-0.4, -0.2) is 44.4 Å². The molecule has 0 amide bonds. The van der Waals surface area contributed by atoms with E-state index in [1.165, 1.54) is 30.1 Å². The Morgan fingerprint density at radius 3 is 2.57 bits per heavy atom. The standard InChI is InChI=1S/C31H28N2O8S/c1-6-40-30(36)26-17(2)32-31-33(27(26)22-12-10-20(37-3)15-24(22)38-4)28(34)25(42-31)16-21-11-13-23(41-21)18-8-7-9-19(14-18)29(35)39-5/h7-16,27H,6H2,1-5H3/b25-16-. The number of esters is 2. The van der Waals surface area contributed by atoms with E-state index >= 15 is 0 Å². The van der Waals surface area contributed by atoms with E-state index in [9.17, 15) is 14.4 Å². The van der Waals surface area contributed by atoms with E-state index in [1.54, 1.807) is 75.6 Å². The highest BCUT2D eigenvalue weighted by molar-refractivity contribution is 7.07. The Morgan fingerprint density at radius 2 is 1.86 bits per heavy atom. The van der Waals surface area contributed by atoms with Crippen LogP contribution in [0.1, 0.15) is 41.6 Å². The summed E-state index contributed by atoms with van der Waals surface area (Å²) in [5, 5.41) is 0. The molecule has 1 aliphatic rings. The van der Waals surface area contributed by atoms with Crippen LogP contribution in [0.3, 0.4) is 0 Å². The summed E-state index contributed by atoms with van der Waals surface area (Å²) in [6.07, 6.45) is 1.63. The molecule has 42 heavy (non-hydrogen) atoms. The molecule has 0 bridgehead atoms. The molecule has 0 radical (unpaired) electrons. The van der Waals surface area contributed by atoms with Crippen molar-refractivity contribution in [2.75, 3.05) is 27.9 Å². The van der Waals surface area contributed by atoms with Crippen LogP contribution < -0.4 is 24.4 Å². The molecule has 2 aromatic heterocycles. The van der Waals surface area contributed by atoms with Gasteiger partial charge in [0.2, 0.25) is 0 Å². The molecule has 10 nitrogen and oxygen atoms in total. The molecule has 4 aromatic rings. The number of benzene rings is 2. The van der Waals surface area contributed by atoms with Gasteiger partial charge in [0.15, 0.2) is 4.80 Å². The highest BCUT2D eigenvalue weighted by Crippen LogP contribution is 2.37. The lowest BCUT2D eigenvalue weighted by molar-refractivity contribution is -0.139. The van der Waals surface area contributed by atoms with Crippen molar-refractivity contribution >= 4 is 29.4 Å². The number of carbonyl (C=O) groups excluding carboxylic acids is 2. The molecule has 0 N–H and O–H groups in total. The minimum Gasteiger partial charge on any atom is -0.497 e. The van der Waals surface area contributed by atoms with Crippen molar-refractivity contribution in [1.29, 1.82) is 0 Å². The normalized spacial score (nSPS) is 14.7. The Bertz CT molecular complexity index is 1900. The van der Waals surface area contributed by atoms with Gasteiger partial charge in [0.05, 0.1) is 49.3 Å². The molecule has 11 heteroatoms. The minimum atomic E-state index is -0.850. The minimum absolute atomic E-state index is 0.163. The van der Waals surface area contributed by atoms with Gasteiger partial charge in [-0.2, -0.15) is 0 Å².